The van der Waals surface area contributed by atoms with E-state index in [0.717, 1.165) is 6.42 Å². The minimum Gasteiger partial charge on any atom is -0.418 e. The molecule has 1 unspecified atom stereocenters. The third-order valence-corrected chi connectivity index (χ3v) is 2.38. The van der Waals surface area contributed by atoms with Crippen LogP contribution in [0.5, 0.6) is 0 Å². The molecule has 0 bridgehead atoms. The summed E-state index contributed by atoms with van der Waals surface area (Å²) in [5, 5.41) is 9.43. The first kappa shape index (κ1) is 16.0. The van der Waals surface area contributed by atoms with Crippen molar-refractivity contribution in [1.29, 1.82) is 0 Å². The highest BCUT2D eigenvalue weighted by Crippen LogP contribution is 2.08. The second kappa shape index (κ2) is 8.12. The van der Waals surface area contributed by atoms with Crippen molar-refractivity contribution in [3.05, 3.63) is 12.3 Å². The molecule has 0 aliphatic heterocycles. The molecule has 0 aliphatic carbocycles. The molecule has 1 N–H and O–H groups in total. The maximum Gasteiger partial charge on any atom is 0.415 e. The maximum atomic E-state index is 11.7. The highest BCUT2D eigenvalue weighted by atomic mass is 16.5. The molecule has 0 aromatic carbocycles. The largest absolute Gasteiger partial charge is 0.418 e. The maximum absolute atomic E-state index is 11.7. The Hall–Kier alpha value is -1.03. The van der Waals surface area contributed by atoms with E-state index < -0.39 is 6.10 Å². The van der Waals surface area contributed by atoms with Crippen molar-refractivity contribution in [2.75, 3.05) is 0 Å². The van der Waals surface area contributed by atoms with Crippen molar-refractivity contribution in [2.45, 2.75) is 65.6 Å². The van der Waals surface area contributed by atoms with Gasteiger partial charge in [-0.15, -0.1) is 0 Å². The van der Waals surface area contributed by atoms with Gasteiger partial charge in [-0.1, -0.05) is 13.3 Å². The smallest absolute Gasteiger partial charge is 0.415 e. The Morgan fingerprint density at radius 1 is 1.29 bits per heavy atom. The zero-order valence-corrected chi connectivity index (χ0v) is 11.5. The van der Waals surface area contributed by atoms with Gasteiger partial charge < -0.3 is 14.7 Å². The van der Waals surface area contributed by atoms with Gasteiger partial charge in [0.2, 0.25) is 0 Å². The highest BCUT2D eigenvalue weighted by Gasteiger charge is 2.20. The quantitative estimate of drug-likeness (QED) is 0.730. The number of nitrogens with zero attached hydrogens (tertiary/aromatic N) is 1. The molecule has 1 amide bonds. The van der Waals surface area contributed by atoms with Crippen molar-refractivity contribution in [3.63, 3.8) is 0 Å². The van der Waals surface area contributed by atoms with Crippen molar-refractivity contribution in [3.8, 4) is 0 Å². The van der Waals surface area contributed by atoms with E-state index in [1.807, 2.05) is 34.6 Å². The average Bonchev–Trinajstić information content (AvgIpc) is 2.16. The van der Waals surface area contributed by atoms with Crippen molar-refractivity contribution < 1.29 is 14.6 Å². The van der Waals surface area contributed by atoms with Crippen molar-refractivity contribution in [1.82, 2.24) is 4.90 Å². The van der Waals surface area contributed by atoms with E-state index in [0.29, 0.717) is 6.42 Å². The second-order valence-electron chi connectivity index (χ2n) is 4.66. The molecule has 0 aromatic heterocycles. The number of aliphatic hydroxyl groups is 1. The monoisotopic (exact) mass is 243 g/mol. The molecule has 0 rings (SSSR count). The Kier molecular flexibility index (Phi) is 7.63. The molecule has 0 aliphatic rings. The normalized spacial score (nSPS) is 13.4. The number of amides is 1. The van der Waals surface area contributed by atoms with Crippen LogP contribution in [0.2, 0.25) is 0 Å². The number of hydrogen-bond donors (Lipinski definition) is 1. The fraction of sp³-hybridized carbons (Fsp3) is 0.769. The van der Waals surface area contributed by atoms with E-state index in [2.05, 4.69) is 0 Å². The highest BCUT2D eigenvalue weighted by molar-refractivity contribution is 5.68. The molecular weight excluding hydrogens is 218 g/mol. The Balaban J connectivity index is 4.24. The van der Waals surface area contributed by atoms with Gasteiger partial charge in [0.1, 0.15) is 0 Å². The Labute approximate surface area is 104 Å². The Morgan fingerprint density at radius 3 is 2.24 bits per heavy atom. The fourth-order valence-corrected chi connectivity index (χ4v) is 1.66. The van der Waals surface area contributed by atoms with Crippen LogP contribution in [0.3, 0.4) is 0 Å². The van der Waals surface area contributed by atoms with Crippen LogP contribution in [0.25, 0.3) is 0 Å². The molecule has 0 fully saturated rings. The van der Waals surface area contributed by atoms with Gasteiger partial charge in [-0.3, -0.25) is 0 Å². The number of hydrogen-bond acceptors (Lipinski definition) is 3. The fourth-order valence-electron chi connectivity index (χ4n) is 1.66. The summed E-state index contributed by atoms with van der Waals surface area (Å²) in [6.07, 6.45) is 3.42. The lowest BCUT2D eigenvalue weighted by Crippen LogP contribution is -2.41. The third kappa shape index (κ3) is 6.31. The summed E-state index contributed by atoms with van der Waals surface area (Å²) in [6, 6.07) is 0.188. The van der Waals surface area contributed by atoms with Gasteiger partial charge in [-0.25, -0.2) is 4.79 Å². The summed E-state index contributed by atoms with van der Waals surface area (Å²) >= 11 is 0. The lowest BCUT2D eigenvalue weighted by Gasteiger charge is -2.28. The van der Waals surface area contributed by atoms with Gasteiger partial charge in [0, 0.05) is 12.1 Å². The van der Waals surface area contributed by atoms with E-state index in [1.165, 1.54) is 12.3 Å². The van der Waals surface area contributed by atoms with Crippen LogP contribution in [0.15, 0.2) is 12.3 Å². The van der Waals surface area contributed by atoms with E-state index >= 15 is 0 Å². The van der Waals surface area contributed by atoms with Crippen molar-refractivity contribution in [2.24, 2.45) is 0 Å². The van der Waals surface area contributed by atoms with E-state index in [-0.39, 0.29) is 18.2 Å². The summed E-state index contributed by atoms with van der Waals surface area (Å²) < 4.78 is 4.99. The van der Waals surface area contributed by atoms with Gasteiger partial charge in [0.15, 0.2) is 0 Å². The lowest BCUT2D eigenvalue weighted by molar-refractivity contribution is 0.108. The van der Waals surface area contributed by atoms with Crippen LogP contribution in [0.4, 0.5) is 4.79 Å². The number of aliphatic hydroxyl groups excluding tert-OH is 1. The molecular formula is C13H25NO3. The zero-order valence-electron chi connectivity index (χ0n) is 11.5. The summed E-state index contributed by atoms with van der Waals surface area (Å²) in [5.41, 5.74) is 0. The molecule has 0 aromatic rings. The van der Waals surface area contributed by atoms with E-state index in [1.54, 1.807) is 4.90 Å². The number of carbonyl (C=O) groups is 1. The van der Waals surface area contributed by atoms with Gasteiger partial charge in [-0.05, 0) is 40.2 Å². The van der Waals surface area contributed by atoms with E-state index in [4.69, 9.17) is 4.74 Å². The molecule has 0 spiro atoms. The predicted molar refractivity (Wildman–Crippen MR) is 68.6 cm³/mol. The Morgan fingerprint density at radius 2 is 1.82 bits per heavy atom. The number of carbonyl (C=O) groups excluding carboxylic acids is 1. The predicted octanol–water partition coefficient (Wildman–Crippen LogP) is 2.92. The molecule has 0 heterocycles. The minimum absolute atomic E-state index is 0.0939. The van der Waals surface area contributed by atoms with Gasteiger partial charge >= 0.3 is 6.09 Å². The van der Waals surface area contributed by atoms with Gasteiger partial charge in [-0.2, -0.15) is 0 Å². The standard InChI is InChI=1S/C13H25NO3/c1-6-7-12(15)8-9-17-13(16)14(10(2)3)11(4)5/h8-12,15H,6-7H2,1-5H3/b9-8+. The first-order valence-corrected chi connectivity index (χ1v) is 6.23. The topological polar surface area (TPSA) is 49.8 Å². The van der Waals surface area contributed by atoms with Crippen LogP contribution in [-0.2, 0) is 4.74 Å². The zero-order chi connectivity index (χ0) is 13.4. The van der Waals surface area contributed by atoms with Crippen LogP contribution in [0.1, 0.15) is 47.5 Å². The van der Waals surface area contributed by atoms with Crippen LogP contribution in [-0.4, -0.2) is 34.3 Å². The molecule has 4 nitrogen and oxygen atoms in total. The first-order chi connectivity index (χ1) is 7.90. The van der Waals surface area contributed by atoms with Crippen LogP contribution >= 0.6 is 0 Å². The van der Waals surface area contributed by atoms with Gasteiger partial charge in [0.05, 0.1) is 12.4 Å². The van der Waals surface area contributed by atoms with Crippen LogP contribution in [0, 0.1) is 0 Å². The molecule has 0 saturated carbocycles. The molecule has 1 atom stereocenters. The molecule has 4 heteroatoms. The molecule has 0 radical (unpaired) electrons. The van der Waals surface area contributed by atoms with Crippen molar-refractivity contribution >= 4 is 6.09 Å². The lowest BCUT2D eigenvalue weighted by atomic mass is 10.2. The minimum atomic E-state index is -0.542. The first-order valence-electron chi connectivity index (χ1n) is 6.23. The number of rotatable bonds is 6. The summed E-state index contributed by atoms with van der Waals surface area (Å²) in [4.78, 5) is 13.4. The molecule has 0 saturated heterocycles. The Bertz CT molecular complexity index is 241. The van der Waals surface area contributed by atoms with Gasteiger partial charge in [0.25, 0.3) is 0 Å². The summed E-state index contributed by atoms with van der Waals surface area (Å²) in [5.74, 6) is 0. The number of ether oxygens (including phenoxy) is 1. The third-order valence-electron chi connectivity index (χ3n) is 2.38. The van der Waals surface area contributed by atoms with E-state index in [9.17, 15) is 9.90 Å². The second-order valence-corrected chi connectivity index (χ2v) is 4.66. The molecule has 100 valence electrons. The SMILES string of the molecule is CCCC(O)/C=C/OC(=O)N(C(C)C)C(C)C. The summed E-state index contributed by atoms with van der Waals surface area (Å²) in [6.45, 7) is 9.75. The average molecular weight is 243 g/mol. The summed E-state index contributed by atoms with van der Waals surface area (Å²) in [7, 11) is 0. The molecule has 17 heavy (non-hydrogen) atoms. The van der Waals surface area contributed by atoms with Crippen LogP contribution < -0.4 is 0 Å².